The first-order chi connectivity index (χ1) is 7.61. The molecule has 16 heavy (non-hydrogen) atoms. The number of hydrogen-bond acceptors (Lipinski definition) is 3. The van der Waals surface area contributed by atoms with Gasteiger partial charge in [0.15, 0.2) is 0 Å². The second kappa shape index (κ2) is 6.94. The van der Waals surface area contributed by atoms with Crippen LogP contribution >= 0.6 is 11.8 Å². The average Bonchev–Trinajstić information content (AvgIpc) is 2.68. The largest absolute Gasteiger partial charge is 0.337 e. The Morgan fingerprint density at radius 2 is 2.06 bits per heavy atom. The third kappa shape index (κ3) is 5.01. The summed E-state index contributed by atoms with van der Waals surface area (Å²) in [5.74, 6) is 0.423. The molecule has 1 rings (SSSR count). The molecule has 0 aromatic rings. The van der Waals surface area contributed by atoms with Crippen LogP contribution in [-0.2, 0) is 4.79 Å². The van der Waals surface area contributed by atoms with Gasteiger partial charge < -0.3 is 10.1 Å². The molecule has 4 heteroatoms. The summed E-state index contributed by atoms with van der Waals surface area (Å²) in [4.78, 5) is 22.4. The van der Waals surface area contributed by atoms with E-state index < -0.39 is 0 Å². The van der Waals surface area contributed by atoms with Crippen molar-refractivity contribution in [1.29, 1.82) is 0 Å². The molecule has 92 valence electrons. The summed E-state index contributed by atoms with van der Waals surface area (Å²) in [5, 5.41) is 3.21. The average molecular weight is 243 g/mol. The van der Waals surface area contributed by atoms with Crippen LogP contribution in [0.1, 0.15) is 46.0 Å². The third-order valence-corrected chi connectivity index (χ3v) is 3.91. The highest BCUT2D eigenvalue weighted by Crippen LogP contribution is 2.29. The summed E-state index contributed by atoms with van der Waals surface area (Å²) in [6, 6.07) is -0.318. The minimum atomic E-state index is -0.318. The second-order valence-corrected chi connectivity index (χ2v) is 6.10. The van der Waals surface area contributed by atoms with E-state index in [1.165, 1.54) is 24.6 Å². The maximum Gasteiger partial charge on any atom is 0.279 e. The van der Waals surface area contributed by atoms with Crippen LogP contribution in [0.25, 0.3) is 0 Å². The highest BCUT2D eigenvalue weighted by molar-refractivity contribution is 8.14. The summed E-state index contributed by atoms with van der Waals surface area (Å²) >= 11 is 1.37. The van der Waals surface area contributed by atoms with Gasteiger partial charge in [-0.15, -0.1) is 0 Å². The topological polar surface area (TPSA) is 46.2 Å². The summed E-state index contributed by atoms with van der Waals surface area (Å²) in [7, 11) is 0. The van der Waals surface area contributed by atoms with Crippen molar-refractivity contribution in [3.63, 3.8) is 0 Å². The number of aldehydes is 1. The monoisotopic (exact) mass is 243 g/mol. The van der Waals surface area contributed by atoms with Gasteiger partial charge in [0, 0.05) is 5.25 Å². The summed E-state index contributed by atoms with van der Waals surface area (Å²) in [6.07, 6.45) is 6.29. The van der Waals surface area contributed by atoms with E-state index in [-0.39, 0.29) is 11.3 Å². The van der Waals surface area contributed by atoms with Crippen molar-refractivity contribution in [3.05, 3.63) is 0 Å². The van der Waals surface area contributed by atoms with Crippen LogP contribution in [-0.4, -0.2) is 22.8 Å². The van der Waals surface area contributed by atoms with Gasteiger partial charge >= 0.3 is 0 Å². The van der Waals surface area contributed by atoms with Gasteiger partial charge in [0.25, 0.3) is 5.24 Å². The van der Waals surface area contributed by atoms with Gasteiger partial charge in [0.1, 0.15) is 6.29 Å². The van der Waals surface area contributed by atoms with Crippen molar-refractivity contribution in [1.82, 2.24) is 5.32 Å². The van der Waals surface area contributed by atoms with Crippen LogP contribution in [0.5, 0.6) is 0 Å². The lowest BCUT2D eigenvalue weighted by Gasteiger charge is -2.15. The normalized spacial score (nSPS) is 18.7. The molecule has 1 N–H and O–H groups in total. The fraction of sp³-hybridized carbons (Fsp3) is 0.833. The predicted molar refractivity (Wildman–Crippen MR) is 67.7 cm³/mol. The van der Waals surface area contributed by atoms with E-state index >= 15 is 0 Å². The zero-order valence-corrected chi connectivity index (χ0v) is 10.9. The quantitative estimate of drug-likeness (QED) is 0.755. The molecule has 0 aromatic carbocycles. The molecule has 1 atom stereocenters. The second-order valence-electron chi connectivity index (χ2n) is 4.83. The summed E-state index contributed by atoms with van der Waals surface area (Å²) < 4.78 is 0. The Morgan fingerprint density at radius 1 is 1.44 bits per heavy atom. The lowest BCUT2D eigenvalue weighted by atomic mass is 10.1. The minimum absolute atomic E-state index is 0.0374. The molecule has 1 aliphatic rings. The van der Waals surface area contributed by atoms with Crippen LogP contribution in [0.3, 0.4) is 0 Å². The first-order valence-corrected chi connectivity index (χ1v) is 6.92. The van der Waals surface area contributed by atoms with Crippen molar-refractivity contribution in [2.75, 3.05) is 0 Å². The lowest BCUT2D eigenvalue weighted by molar-refractivity contribution is -0.109. The zero-order chi connectivity index (χ0) is 12.0. The number of nitrogens with one attached hydrogen (secondary N) is 1. The maximum atomic E-state index is 11.6. The first-order valence-electron chi connectivity index (χ1n) is 6.04. The molecule has 1 amide bonds. The summed E-state index contributed by atoms with van der Waals surface area (Å²) in [6.45, 7) is 4.10. The van der Waals surface area contributed by atoms with Crippen molar-refractivity contribution in [2.45, 2.75) is 57.2 Å². The Bertz CT molecular complexity index is 237. The predicted octanol–water partition coefficient (Wildman–Crippen LogP) is 2.99. The molecule has 0 unspecified atom stereocenters. The smallest absolute Gasteiger partial charge is 0.279 e. The van der Waals surface area contributed by atoms with Gasteiger partial charge in [-0.3, -0.25) is 4.79 Å². The Balaban J connectivity index is 2.27. The fourth-order valence-electron chi connectivity index (χ4n) is 2.00. The van der Waals surface area contributed by atoms with E-state index in [2.05, 4.69) is 5.32 Å². The highest BCUT2D eigenvalue weighted by Gasteiger charge is 2.21. The standard InChI is InChI=1S/C12H21NO2S/c1-9(2)7-10(8-14)13-12(15)16-11-5-3-4-6-11/h8-11H,3-7H2,1-2H3,(H,13,15)/t10-/m0/s1. The van der Waals surface area contributed by atoms with E-state index in [1.54, 1.807) is 0 Å². The molecule has 1 saturated carbocycles. The van der Waals surface area contributed by atoms with Crippen molar-refractivity contribution in [2.24, 2.45) is 5.92 Å². The molecule has 0 radical (unpaired) electrons. The van der Waals surface area contributed by atoms with Crippen molar-refractivity contribution < 1.29 is 9.59 Å². The molecule has 1 aliphatic carbocycles. The van der Waals surface area contributed by atoms with Crippen LogP contribution in [0.15, 0.2) is 0 Å². The molecule has 1 fully saturated rings. The number of hydrogen-bond donors (Lipinski definition) is 1. The van der Waals surface area contributed by atoms with Gasteiger partial charge in [-0.1, -0.05) is 38.5 Å². The Labute approximate surface area is 102 Å². The molecule has 0 heterocycles. The van der Waals surface area contributed by atoms with Crippen LogP contribution in [0.4, 0.5) is 4.79 Å². The molecule has 0 saturated heterocycles. The van der Waals surface area contributed by atoms with Crippen LogP contribution in [0, 0.1) is 5.92 Å². The van der Waals surface area contributed by atoms with E-state index in [0.29, 0.717) is 11.2 Å². The number of amides is 1. The van der Waals surface area contributed by atoms with Gasteiger partial charge in [0.05, 0.1) is 6.04 Å². The van der Waals surface area contributed by atoms with Gasteiger partial charge in [0.2, 0.25) is 0 Å². The van der Waals surface area contributed by atoms with E-state index in [0.717, 1.165) is 25.5 Å². The van der Waals surface area contributed by atoms with E-state index in [1.807, 2.05) is 13.8 Å². The number of carbonyl (C=O) groups is 2. The van der Waals surface area contributed by atoms with Crippen molar-refractivity contribution >= 4 is 23.3 Å². The van der Waals surface area contributed by atoms with Gasteiger partial charge in [-0.25, -0.2) is 0 Å². The zero-order valence-electron chi connectivity index (χ0n) is 10.1. The highest BCUT2D eigenvalue weighted by atomic mass is 32.2. The number of rotatable bonds is 5. The van der Waals surface area contributed by atoms with Crippen molar-refractivity contribution in [3.8, 4) is 0 Å². The first kappa shape index (κ1) is 13.6. The van der Waals surface area contributed by atoms with Crippen LogP contribution < -0.4 is 5.32 Å². The Kier molecular flexibility index (Phi) is 5.88. The number of thioether (sulfide) groups is 1. The Hall–Kier alpha value is -0.510. The molecular formula is C12H21NO2S. The Morgan fingerprint density at radius 3 is 2.56 bits per heavy atom. The maximum absolute atomic E-state index is 11.6. The molecule has 0 bridgehead atoms. The number of carbonyl (C=O) groups excluding carboxylic acids is 2. The van der Waals surface area contributed by atoms with Gasteiger partial charge in [-0.2, -0.15) is 0 Å². The molecule has 3 nitrogen and oxygen atoms in total. The third-order valence-electron chi connectivity index (χ3n) is 2.77. The summed E-state index contributed by atoms with van der Waals surface area (Å²) in [5.41, 5.74) is 0. The lowest BCUT2D eigenvalue weighted by Crippen LogP contribution is -2.35. The minimum Gasteiger partial charge on any atom is -0.337 e. The van der Waals surface area contributed by atoms with Gasteiger partial charge in [-0.05, 0) is 25.2 Å². The van der Waals surface area contributed by atoms with E-state index in [9.17, 15) is 9.59 Å². The molecule has 0 aromatic heterocycles. The molecular weight excluding hydrogens is 222 g/mol. The van der Waals surface area contributed by atoms with E-state index in [4.69, 9.17) is 0 Å². The van der Waals surface area contributed by atoms with Crippen LogP contribution in [0.2, 0.25) is 0 Å². The fourth-order valence-corrected chi connectivity index (χ4v) is 3.09. The molecule has 0 spiro atoms. The molecule has 0 aliphatic heterocycles. The SMILES string of the molecule is CC(C)C[C@@H](C=O)NC(=O)SC1CCCC1.